The Bertz CT molecular complexity index is 1130. The summed E-state index contributed by atoms with van der Waals surface area (Å²) in [5.41, 5.74) is 4.42. The SMILES string of the molecule is O=C(CC[C@H]1Cc2ccccc2NC1=O)Nc1nc2c(s1)CN(Cc1ccccc1)CC2. The number of carbonyl (C=O) groups excluding carboxylic acids is 2. The summed E-state index contributed by atoms with van der Waals surface area (Å²) in [6, 6.07) is 18.3. The van der Waals surface area contributed by atoms with E-state index < -0.39 is 0 Å². The summed E-state index contributed by atoms with van der Waals surface area (Å²) in [5.74, 6) is -0.254. The molecular formula is C25H26N4O2S. The molecule has 2 aliphatic rings. The summed E-state index contributed by atoms with van der Waals surface area (Å²) in [4.78, 5) is 33.2. The summed E-state index contributed by atoms with van der Waals surface area (Å²) >= 11 is 1.57. The fourth-order valence-electron chi connectivity index (χ4n) is 4.41. The summed E-state index contributed by atoms with van der Waals surface area (Å²) in [5, 5.41) is 6.57. The van der Waals surface area contributed by atoms with Gasteiger partial charge in [0, 0.05) is 49.0 Å². The molecule has 0 radical (unpaired) electrons. The quantitative estimate of drug-likeness (QED) is 0.594. The van der Waals surface area contributed by atoms with Crippen molar-refractivity contribution >= 4 is 34.0 Å². The molecule has 0 fully saturated rings. The molecule has 0 aliphatic carbocycles. The number of benzene rings is 2. The van der Waals surface area contributed by atoms with E-state index in [1.807, 2.05) is 30.3 Å². The van der Waals surface area contributed by atoms with E-state index in [-0.39, 0.29) is 17.7 Å². The van der Waals surface area contributed by atoms with E-state index in [1.165, 1.54) is 10.4 Å². The van der Waals surface area contributed by atoms with Gasteiger partial charge in [0.2, 0.25) is 11.8 Å². The van der Waals surface area contributed by atoms with E-state index in [4.69, 9.17) is 0 Å². The van der Waals surface area contributed by atoms with Gasteiger partial charge >= 0.3 is 0 Å². The predicted molar refractivity (Wildman–Crippen MR) is 127 cm³/mol. The smallest absolute Gasteiger partial charge is 0.227 e. The molecule has 2 aliphatic heterocycles. The van der Waals surface area contributed by atoms with Crippen LogP contribution < -0.4 is 10.6 Å². The molecule has 5 rings (SSSR count). The van der Waals surface area contributed by atoms with Crippen molar-refractivity contribution in [2.24, 2.45) is 5.92 Å². The van der Waals surface area contributed by atoms with Crippen LogP contribution in [0.25, 0.3) is 0 Å². The highest BCUT2D eigenvalue weighted by Gasteiger charge is 2.27. The molecule has 0 saturated carbocycles. The number of amides is 2. The fourth-order valence-corrected chi connectivity index (χ4v) is 5.48. The maximum absolute atomic E-state index is 12.5. The predicted octanol–water partition coefficient (Wildman–Crippen LogP) is 4.23. The van der Waals surface area contributed by atoms with E-state index in [0.29, 0.717) is 24.4 Å². The van der Waals surface area contributed by atoms with E-state index in [2.05, 4.69) is 44.8 Å². The Balaban J connectivity index is 1.14. The van der Waals surface area contributed by atoms with E-state index in [9.17, 15) is 9.59 Å². The Labute approximate surface area is 191 Å². The van der Waals surface area contributed by atoms with Crippen molar-refractivity contribution in [1.29, 1.82) is 0 Å². The average molecular weight is 447 g/mol. The van der Waals surface area contributed by atoms with E-state index in [0.717, 1.165) is 43.0 Å². The van der Waals surface area contributed by atoms with Gasteiger partial charge in [-0.25, -0.2) is 4.98 Å². The minimum absolute atomic E-state index is 0.000259. The van der Waals surface area contributed by atoms with Gasteiger partial charge in [0.25, 0.3) is 0 Å². The van der Waals surface area contributed by atoms with Gasteiger partial charge in [0.15, 0.2) is 5.13 Å². The van der Waals surface area contributed by atoms with Gasteiger partial charge in [0.05, 0.1) is 5.69 Å². The summed E-state index contributed by atoms with van der Waals surface area (Å²) in [7, 11) is 0. The summed E-state index contributed by atoms with van der Waals surface area (Å²) < 4.78 is 0. The number of anilines is 2. The van der Waals surface area contributed by atoms with Gasteiger partial charge in [-0.3, -0.25) is 14.5 Å². The molecule has 3 heterocycles. The Morgan fingerprint density at radius 3 is 2.84 bits per heavy atom. The number of nitrogens with one attached hydrogen (secondary N) is 2. The van der Waals surface area contributed by atoms with Gasteiger partial charge in [-0.15, -0.1) is 11.3 Å². The molecule has 2 amide bonds. The maximum Gasteiger partial charge on any atom is 0.227 e. The van der Waals surface area contributed by atoms with E-state index in [1.54, 1.807) is 11.3 Å². The number of rotatable bonds is 6. The highest BCUT2D eigenvalue weighted by atomic mass is 32.1. The van der Waals surface area contributed by atoms with Crippen LogP contribution >= 0.6 is 11.3 Å². The van der Waals surface area contributed by atoms with E-state index >= 15 is 0 Å². The molecular weight excluding hydrogens is 420 g/mol. The van der Waals surface area contributed by atoms with Crippen molar-refractivity contribution in [3.05, 3.63) is 76.3 Å². The van der Waals surface area contributed by atoms with Crippen molar-refractivity contribution in [3.8, 4) is 0 Å². The number of nitrogens with zero attached hydrogens (tertiary/aromatic N) is 2. The first-order valence-electron chi connectivity index (χ1n) is 11.1. The van der Waals surface area contributed by atoms with Gasteiger partial charge in [-0.1, -0.05) is 48.5 Å². The lowest BCUT2D eigenvalue weighted by molar-refractivity contribution is -0.121. The zero-order chi connectivity index (χ0) is 21.9. The molecule has 6 nitrogen and oxygen atoms in total. The highest BCUT2D eigenvalue weighted by Crippen LogP contribution is 2.30. The standard InChI is InChI=1S/C25H26N4O2S/c30-23(11-10-19-14-18-8-4-5-9-20(18)26-24(19)31)28-25-27-21-12-13-29(16-22(21)32-25)15-17-6-2-1-3-7-17/h1-9,19H,10-16H2,(H,26,31)(H,27,28,30)/t19-/m0/s1. The first-order valence-corrected chi connectivity index (χ1v) is 11.9. The molecule has 0 saturated heterocycles. The number of thiazole rings is 1. The monoisotopic (exact) mass is 446 g/mol. The number of hydrogen-bond acceptors (Lipinski definition) is 5. The van der Waals surface area contributed by atoms with Crippen molar-refractivity contribution in [1.82, 2.24) is 9.88 Å². The third-order valence-electron chi connectivity index (χ3n) is 6.14. The summed E-state index contributed by atoms with van der Waals surface area (Å²) in [6.07, 6.45) is 2.42. The molecule has 2 N–H and O–H groups in total. The zero-order valence-corrected chi connectivity index (χ0v) is 18.7. The molecule has 0 unspecified atom stereocenters. The van der Waals surface area contributed by atoms with Crippen LogP contribution in [0.4, 0.5) is 10.8 Å². The number of hydrogen-bond donors (Lipinski definition) is 2. The molecule has 32 heavy (non-hydrogen) atoms. The molecule has 0 bridgehead atoms. The van der Waals surface area contributed by atoms with Crippen LogP contribution in [0.15, 0.2) is 54.6 Å². The third kappa shape index (κ3) is 4.74. The average Bonchev–Trinajstić information content (AvgIpc) is 3.19. The van der Waals surface area contributed by atoms with Gasteiger partial charge < -0.3 is 10.6 Å². The Morgan fingerprint density at radius 2 is 1.97 bits per heavy atom. The summed E-state index contributed by atoms with van der Waals surface area (Å²) in [6.45, 7) is 2.75. The first kappa shape index (κ1) is 20.8. The fraction of sp³-hybridized carbons (Fsp3) is 0.320. The number of carbonyl (C=O) groups is 2. The van der Waals surface area contributed by atoms with Crippen LogP contribution in [-0.4, -0.2) is 28.2 Å². The lowest BCUT2D eigenvalue weighted by atomic mass is 9.89. The Hall–Kier alpha value is -3.03. The third-order valence-corrected chi connectivity index (χ3v) is 7.14. The highest BCUT2D eigenvalue weighted by molar-refractivity contribution is 7.15. The second kappa shape index (κ2) is 9.22. The van der Waals surface area contributed by atoms with Crippen LogP contribution in [0.1, 0.15) is 34.5 Å². The van der Waals surface area contributed by atoms with Crippen LogP contribution in [0, 0.1) is 5.92 Å². The minimum Gasteiger partial charge on any atom is -0.326 e. The van der Waals surface area contributed by atoms with Crippen molar-refractivity contribution in [2.45, 2.75) is 38.8 Å². The van der Waals surface area contributed by atoms with Crippen molar-refractivity contribution in [2.75, 3.05) is 17.2 Å². The lowest BCUT2D eigenvalue weighted by Gasteiger charge is -2.25. The zero-order valence-electron chi connectivity index (χ0n) is 17.8. The normalized spacial score (nSPS) is 17.9. The van der Waals surface area contributed by atoms with Gasteiger partial charge in [-0.05, 0) is 30.0 Å². The van der Waals surface area contributed by atoms with Crippen LogP contribution in [0.2, 0.25) is 0 Å². The Morgan fingerprint density at radius 1 is 1.16 bits per heavy atom. The van der Waals surface area contributed by atoms with Crippen LogP contribution in [0.5, 0.6) is 0 Å². The molecule has 1 aromatic heterocycles. The largest absolute Gasteiger partial charge is 0.326 e. The number of fused-ring (bicyclic) bond motifs is 2. The molecule has 164 valence electrons. The van der Waals surface area contributed by atoms with Crippen LogP contribution in [-0.2, 0) is 35.5 Å². The van der Waals surface area contributed by atoms with Crippen molar-refractivity contribution < 1.29 is 9.59 Å². The van der Waals surface area contributed by atoms with Crippen LogP contribution in [0.3, 0.4) is 0 Å². The molecule has 3 aromatic rings. The van der Waals surface area contributed by atoms with Gasteiger partial charge in [-0.2, -0.15) is 0 Å². The molecule has 0 spiro atoms. The second-order valence-corrected chi connectivity index (χ2v) is 9.55. The molecule has 7 heteroatoms. The molecule has 1 atom stereocenters. The first-order chi connectivity index (χ1) is 15.6. The minimum atomic E-state index is -0.174. The van der Waals surface area contributed by atoms with Gasteiger partial charge in [0.1, 0.15) is 0 Å². The number of para-hydroxylation sites is 1. The second-order valence-electron chi connectivity index (χ2n) is 8.47. The molecule has 2 aromatic carbocycles. The topological polar surface area (TPSA) is 74.3 Å². The lowest BCUT2D eigenvalue weighted by Crippen LogP contribution is -2.30. The Kier molecular flexibility index (Phi) is 6.01. The maximum atomic E-state index is 12.5. The van der Waals surface area contributed by atoms with Crippen molar-refractivity contribution in [3.63, 3.8) is 0 Å². The number of aromatic nitrogens is 1.